The summed E-state index contributed by atoms with van der Waals surface area (Å²) in [6.45, 7) is 4.24. The first-order valence-corrected chi connectivity index (χ1v) is 8.27. The van der Waals surface area contributed by atoms with Gasteiger partial charge in [-0.15, -0.1) is 0 Å². The van der Waals surface area contributed by atoms with Crippen molar-refractivity contribution < 1.29 is 9.59 Å². The lowest BCUT2D eigenvalue weighted by atomic mass is 10.1. The van der Waals surface area contributed by atoms with E-state index in [0.717, 1.165) is 12.0 Å². The van der Waals surface area contributed by atoms with Crippen molar-refractivity contribution in [1.82, 2.24) is 14.7 Å². The second-order valence-corrected chi connectivity index (χ2v) is 6.40. The number of carbonyl (C=O) groups excluding carboxylic acids is 2. The molecule has 5 heteroatoms. The number of amides is 2. The topological polar surface area (TPSA) is 43.9 Å². The van der Waals surface area contributed by atoms with E-state index in [2.05, 4.69) is 6.92 Å². The summed E-state index contributed by atoms with van der Waals surface area (Å²) < 4.78 is 0. The Balaban J connectivity index is 2.11. The van der Waals surface area contributed by atoms with Gasteiger partial charge in [0.05, 0.1) is 6.54 Å². The van der Waals surface area contributed by atoms with Gasteiger partial charge >= 0.3 is 0 Å². The van der Waals surface area contributed by atoms with E-state index in [1.165, 1.54) is 0 Å². The molecular weight excluding hydrogens is 290 g/mol. The number of nitrogens with zero attached hydrogens (tertiary/aromatic N) is 3. The molecule has 0 unspecified atom stereocenters. The third kappa shape index (κ3) is 4.79. The molecule has 0 N–H and O–H groups in total. The Hall–Kier alpha value is -1.88. The molecule has 1 atom stereocenters. The van der Waals surface area contributed by atoms with Crippen molar-refractivity contribution in [2.75, 3.05) is 33.7 Å². The van der Waals surface area contributed by atoms with Gasteiger partial charge in [-0.25, -0.2) is 0 Å². The van der Waals surface area contributed by atoms with Crippen LogP contribution in [-0.4, -0.2) is 66.3 Å². The van der Waals surface area contributed by atoms with Crippen molar-refractivity contribution in [2.45, 2.75) is 32.4 Å². The van der Waals surface area contributed by atoms with E-state index in [-0.39, 0.29) is 17.9 Å². The van der Waals surface area contributed by atoms with Crippen molar-refractivity contribution in [2.24, 2.45) is 0 Å². The van der Waals surface area contributed by atoms with Crippen molar-refractivity contribution in [3.63, 3.8) is 0 Å². The van der Waals surface area contributed by atoms with Crippen LogP contribution in [-0.2, 0) is 16.1 Å². The Bertz CT molecular complexity index is 530. The van der Waals surface area contributed by atoms with E-state index in [9.17, 15) is 9.59 Å². The molecule has 0 spiro atoms. The zero-order chi connectivity index (χ0) is 16.8. The molecule has 1 fully saturated rings. The molecule has 2 amide bonds. The van der Waals surface area contributed by atoms with Gasteiger partial charge in [-0.3, -0.25) is 9.59 Å². The molecule has 23 heavy (non-hydrogen) atoms. The minimum absolute atomic E-state index is 0.0799. The lowest BCUT2D eigenvalue weighted by molar-refractivity contribution is -0.133. The first-order valence-electron chi connectivity index (χ1n) is 8.27. The first kappa shape index (κ1) is 17.5. The summed E-state index contributed by atoms with van der Waals surface area (Å²) in [5.74, 6) is 0.240. The number of hydrogen-bond donors (Lipinski definition) is 0. The van der Waals surface area contributed by atoms with Gasteiger partial charge in [-0.1, -0.05) is 37.3 Å². The summed E-state index contributed by atoms with van der Waals surface area (Å²) in [7, 11) is 3.78. The molecule has 1 aliphatic heterocycles. The molecule has 0 radical (unpaired) electrons. The molecule has 1 aromatic rings. The van der Waals surface area contributed by atoms with Crippen LogP contribution in [0.25, 0.3) is 0 Å². The summed E-state index contributed by atoms with van der Waals surface area (Å²) >= 11 is 0. The van der Waals surface area contributed by atoms with Crippen LogP contribution in [0.15, 0.2) is 30.3 Å². The van der Waals surface area contributed by atoms with Crippen LogP contribution in [0.4, 0.5) is 0 Å². The number of carbonyl (C=O) groups is 2. The minimum atomic E-state index is 0.0799. The quantitative estimate of drug-likeness (QED) is 0.828. The maximum atomic E-state index is 12.6. The lowest BCUT2D eigenvalue weighted by Gasteiger charge is -2.31. The molecular formula is C18H27N3O2. The highest BCUT2D eigenvalue weighted by Gasteiger charge is 2.30. The van der Waals surface area contributed by atoms with Crippen LogP contribution in [0.5, 0.6) is 0 Å². The van der Waals surface area contributed by atoms with Gasteiger partial charge < -0.3 is 14.7 Å². The molecule has 0 aromatic heterocycles. The summed E-state index contributed by atoms with van der Waals surface area (Å²) in [5, 5.41) is 0. The molecule has 126 valence electrons. The fraction of sp³-hybridized carbons (Fsp3) is 0.556. The molecule has 1 aliphatic rings. The maximum Gasteiger partial charge on any atom is 0.236 e. The van der Waals surface area contributed by atoms with Crippen LogP contribution in [0.1, 0.15) is 25.3 Å². The van der Waals surface area contributed by atoms with E-state index < -0.39 is 0 Å². The molecule has 1 aromatic carbocycles. The van der Waals surface area contributed by atoms with Gasteiger partial charge in [0.15, 0.2) is 0 Å². The van der Waals surface area contributed by atoms with Gasteiger partial charge in [0.2, 0.25) is 11.8 Å². The second-order valence-electron chi connectivity index (χ2n) is 6.40. The normalized spacial score (nSPS) is 19.1. The van der Waals surface area contributed by atoms with E-state index in [0.29, 0.717) is 32.6 Å². The van der Waals surface area contributed by atoms with E-state index in [1.807, 2.05) is 59.1 Å². The van der Waals surface area contributed by atoms with Crippen LogP contribution in [0.2, 0.25) is 0 Å². The van der Waals surface area contributed by atoms with Crippen LogP contribution in [0, 0.1) is 0 Å². The molecule has 0 saturated carbocycles. The molecule has 0 aliphatic carbocycles. The smallest absolute Gasteiger partial charge is 0.236 e. The maximum absolute atomic E-state index is 12.6. The molecule has 5 nitrogen and oxygen atoms in total. The van der Waals surface area contributed by atoms with Gasteiger partial charge in [0, 0.05) is 32.1 Å². The van der Waals surface area contributed by atoms with Crippen molar-refractivity contribution in [3.05, 3.63) is 35.9 Å². The highest BCUT2D eigenvalue weighted by atomic mass is 16.2. The van der Waals surface area contributed by atoms with Crippen LogP contribution in [0.3, 0.4) is 0 Å². The summed E-state index contributed by atoms with van der Waals surface area (Å²) in [5.41, 5.74) is 1.13. The standard InChI is InChI=1S/C18H27N3O2/c1-4-16-13-20(18(23)14-19(2)3)11-10-17(22)21(16)12-15-8-6-5-7-9-15/h5-9,16H,4,10-14H2,1-3H3/t16-/m1/s1. The zero-order valence-corrected chi connectivity index (χ0v) is 14.4. The fourth-order valence-corrected chi connectivity index (χ4v) is 2.97. The number of hydrogen-bond acceptors (Lipinski definition) is 3. The Kier molecular flexibility index (Phi) is 6.16. The largest absolute Gasteiger partial charge is 0.339 e. The molecule has 1 heterocycles. The lowest BCUT2D eigenvalue weighted by Crippen LogP contribution is -2.45. The fourth-order valence-electron chi connectivity index (χ4n) is 2.97. The van der Waals surface area contributed by atoms with Gasteiger partial charge in [-0.2, -0.15) is 0 Å². The summed E-state index contributed by atoms with van der Waals surface area (Å²) in [4.78, 5) is 30.6. The SMILES string of the molecule is CC[C@@H]1CN(C(=O)CN(C)C)CCC(=O)N1Cc1ccccc1. The highest BCUT2D eigenvalue weighted by molar-refractivity contribution is 5.81. The average molecular weight is 317 g/mol. The Morgan fingerprint density at radius 1 is 1.26 bits per heavy atom. The summed E-state index contributed by atoms with van der Waals surface area (Å²) in [6.07, 6.45) is 1.26. The van der Waals surface area contributed by atoms with Gasteiger partial charge in [0.25, 0.3) is 0 Å². The van der Waals surface area contributed by atoms with Crippen molar-refractivity contribution in [1.29, 1.82) is 0 Å². The third-order valence-corrected chi connectivity index (χ3v) is 4.26. The van der Waals surface area contributed by atoms with E-state index in [1.54, 1.807) is 0 Å². The molecule has 0 bridgehead atoms. The molecule has 2 rings (SSSR count). The highest BCUT2D eigenvalue weighted by Crippen LogP contribution is 2.18. The third-order valence-electron chi connectivity index (χ3n) is 4.26. The van der Waals surface area contributed by atoms with Gasteiger partial charge in [0.1, 0.15) is 0 Å². The number of likely N-dealkylation sites (N-methyl/N-ethyl adjacent to an activating group) is 1. The van der Waals surface area contributed by atoms with Crippen molar-refractivity contribution >= 4 is 11.8 Å². The van der Waals surface area contributed by atoms with Gasteiger partial charge in [-0.05, 0) is 26.1 Å². The van der Waals surface area contributed by atoms with Crippen molar-refractivity contribution in [3.8, 4) is 0 Å². The van der Waals surface area contributed by atoms with E-state index >= 15 is 0 Å². The Morgan fingerprint density at radius 3 is 2.57 bits per heavy atom. The summed E-state index contributed by atoms with van der Waals surface area (Å²) in [6, 6.07) is 10.1. The first-order chi connectivity index (χ1) is 11.0. The average Bonchev–Trinajstić information content (AvgIpc) is 2.68. The Morgan fingerprint density at radius 2 is 1.96 bits per heavy atom. The second kappa shape index (κ2) is 8.11. The Labute approximate surface area is 138 Å². The van der Waals surface area contributed by atoms with Crippen LogP contribution >= 0.6 is 0 Å². The molecule has 1 saturated heterocycles. The number of rotatable bonds is 5. The number of benzene rings is 1. The monoisotopic (exact) mass is 317 g/mol. The minimum Gasteiger partial charge on any atom is -0.339 e. The van der Waals surface area contributed by atoms with Crippen LogP contribution < -0.4 is 0 Å². The zero-order valence-electron chi connectivity index (χ0n) is 14.4. The predicted octanol–water partition coefficient (Wildman–Crippen LogP) is 1.59. The van der Waals surface area contributed by atoms with E-state index in [4.69, 9.17) is 0 Å². The predicted molar refractivity (Wildman–Crippen MR) is 90.8 cm³/mol.